The Balaban J connectivity index is 4.03. The molecule has 0 radical (unpaired) electrons. The molecule has 0 aromatic heterocycles. The van der Waals surface area contributed by atoms with E-state index in [9.17, 15) is 0 Å². The third kappa shape index (κ3) is 2.01. The molecule has 0 fully saturated rings. The van der Waals surface area contributed by atoms with Gasteiger partial charge in [0, 0.05) is 0 Å². The van der Waals surface area contributed by atoms with E-state index in [0.717, 1.165) is 5.57 Å². The van der Waals surface area contributed by atoms with Crippen molar-refractivity contribution in [3.8, 4) is 0 Å². The van der Waals surface area contributed by atoms with Crippen LogP contribution >= 0.6 is 0 Å². The standard InChI is InChI=1S/C7H14O/c1-6(5-8)7(2,3)4/h5,8H,1-4H3/b6-5+. The van der Waals surface area contributed by atoms with Crippen LogP contribution in [-0.4, -0.2) is 5.11 Å². The molecule has 0 atom stereocenters. The topological polar surface area (TPSA) is 20.2 Å². The van der Waals surface area contributed by atoms with E-state index >= 15 is 0 Å². The fraction of sp³-hybridized carbons (Fsp3) is 0.714. The lowest BCUT2D eigenvalue weighted by Crippen LogP contribution is -2.05. The van der Waals surface area contributed by atoms with Gasteiger partial charge in [0.15, 0.2) is 0 Å². The summed E-state index contributed by atoms with van der Waals surface area (Å²) in [6.45, 7) is 8.11. The van der Waals surface area contributed by atoms with E-state index in [0.29, 0.717) is 0 Å². The van der Waals surface area contributed by atoms with Gasteiger partial charge >= 0.3 is 0 Å². The summed E-state index contributed by atoms with van der Waals surface area (Å²) in [5.74, 6) is 0. The van der Waals surface area contributed by atoms with Gasteiger partial charge in [-0.25, -0.2) is 0 Å². The number of hydrogen-bond donors (Lipinski definition) is 1. The Morgan fingerprint density at radius 1 is 1.38 bits per heavy atom. The lowest BCUT2D eigenvalue weighted by Gasteiger charge is -2.17. The van der Waals surface area contributed by atoms with E-state index in [2.05, 4.69) is 20.8 Å². The van der Waals surface area contributed by atoms with Crippen LogP contribution in [0.15, 0.2) is 11.8 Å². The SMILES string of the molecule is C/C(=C\O)C(C)(C)C. The van der Waals surface area contributed by atoms with Crippen molar-refractivity contribution in [3.05, 3.63) is 11.8 Å². The molecule has 0 amide bonds. The van der Waals surface area contributed by atoms with E-state index in [4.69, 9.17) is 5.11 Å². The molecule has 0 aromatic carbocycles. The van der Waals surface area contributed by atoms with E-state index in [1.54, 1.807) is 0 Å². The smallest absolute Gasteiger partial charge is 0.0786 e. The van der Waals surface area contributed by atoms with Crippen molar-refractivity contribution in [2.45, 2.75) is 27.7 Å². The van der Waals surface area contributed by atoms with Crippen LogP contribution in [-0.2, 0) is 0 Å². The zero-order chi connectivity index (χ0) is 6.78. The average Bonchev–Trinajstić information content (AvgIpc) is 1.62. The highest BCUT2D eigenvalue weighted by Gasteiger charge is 2.11. The van der Waals surface area contributed by atoms with Crippen LogP contribution in [0.5, 0.6) is 0 Å². The maximum absolute atomic E-state index is 8.51. The zero-order valence-corrected chi connectivity index (χ0v) is 6.02. The van der Waals surface area contributed by atoms with Gasteiger partial charge in [-0.3, -0.25) is 0 Å². The van der Waals surface area contributed by atoms with Gasteiger partial charge < -0.3 is 5.11 Å². The van der Waals surface area contributed by atoms with Crippen molar-refractivity contribution in [3.63, 3.8) is 0 Å². The third-order valence-corrected chi connectivity index (χ3v) is 1.38. The second-order valence-electron chi connectivity index (χ2n) is 3.06. The summed E-state index contributed by atoms with van der Waals surface area (Å²) in [6, 6.07) is 0. The normalized spacial score (nSPS) is 14.2. The first kappa shape index (κ1) is 7.54. The largest absolute Gasteiger partial charge is 0.516 e. The highest BCUT2D eigenvalue weighted by atomic mass is 16.2. The molecule has 0 heterocycles. The van der Waals surface area contributed by atoms with E-state index < -0.39 is 0 Å². The fourth-order valence-corrected chi connectivity index (χ4v) is 0.194. The monoisotopic (exact) mass is 114 g/mol. The molecule has 1 N–H and O–H groups in total. The number of allylic oxidation sites excluding steroid dienone is 1. The predicted octanol–water partition coefficient (Wildman–Crippen LogP) is 2.49. The Morgan fingerprint density at radius 2 is 1.75 bits per heavy atom. The molecule has 0 aliphatic rings. The molecule has 0 aliphatic carbocycles. The first-order chi connectivity index (χ1) is 3.48. The second-order valence-corrected chi connectivity index (χ2v) is 3.06. The van der Waals surface area contributed by atoms with E-state index in [-0.39, 0.29) is 5.41 Å². The van der Waals surface area contributed by atoms with Crippen molar-refractivity contribution in [2.24, 2.45) is 5.41 Å². The summed E-state index contributed by atoms with van der Waals surface area (Å²) < 4.78 is 0. The minimum absolute atomic E-state index is 0.120. The van der Waals surface area contributed by atoms with Gasteiger partial charge in [0.25, 0.3) is 0 Å². The molecule has 0 unspecified atom stereocenters. The summed E-state index contributed by atoms with van der Waals surface area (Å²) in [7, 11) is 0. The van der Waals surface area contributed by atoms with Gasteiger partial charge in [0.05, 0.1) is 6.26 Å². The number of aliphatic hydroxyl groups excluding tert-OH is 1. The van der Waals surface area contributed by atoms with E-state index in [1.807, 2.05) is 6.92 Å². The molecule has 0 rings (SSSR count). The Bertz CT molecular complexity index is 95.4. The molecule has 1 heteroatoms. The van der Waals surface area contributed by atoms with Gasteiger partial charge in [-0.1, -0.05) is 20.8 Å². The molecule has 0 spiro atoms. The quantitative estimate of drug-likeness (QED) is 0.480. The number of hydrogen-bond acceptors (Lipinski definition) is 1. The Hall–Kier alpha value is -0.460. The summed E-state index contributed by atoms with van der Waals surface area (Å²) in [6.07, 6.45) is 1.17. The maximum Gasteiger partial charge on any atom is 0.0786 e. The molecule has 0 bridgehead atoms. The van der Waals surface area contributed by atoms with Gasteiger partial charge in [-0.2, -0.15) is 0 Å². The van der Waals surface area contributed by atoms with Gasteiger partial charge in [0.1, 0.15) is 0 Å². The first-order valence-corrected chi connectivity index (χ1v) is 2.80. The van der Waals surface area contributed by atoms with E-state index in [1.165, 1.54) is 6.26 Å². The molecule has 48 valence electrons. The fourth-order valence-electron chi connectivity index (χ4n) is 0.194. The maximum atomic E-state index is 8.51. The molecular weight excluding hydrogens is 100 g/mol. The predicted molar refractivity (Wildman–Crippen MR) is 35.8 cm³/mol. The molecular formula is C7H14O. The highest BCUT2D eigenvalue weighted by molar-refractivity contribution is 5.02. The van der Waals surface area contributed by atoms with Gasteiger partial charge in [-0.15, -0.1) is 0 Å². The van der Waals surface area contributed by atoms with Crippen molar-refractivity contribution in [2.75, 3.05) is 0 Å². The Kier molecular flexibility index (Phi) is 2.08. The molecule has 8 heavy (non-hydrogen) atoms. The van der Waals surface area contributed by atoms with Crippen molar-refractivity contribution in [1.29, 1.82) is 0 Å². The lowest BCUT2D eigenvalue weighted by molar-refractivity contribution is 0.424. The summed E-state index contributed by atoms with van der Waals surface area (Å²) in [5, 5.41) is 8.51. The van der Waals surface area contributed by atoms with Crippen LogP contribution in [0, 0.1) is 5.41 Å². The number of aliphatic hydroxyl groups is 1. The molecule has 0 saturated heterocycles. The van der Waals surface area contributed by atoms with Gasteiger partial charge in [0.2, 0.25) is 0 Å². The van der Waals surface area contributed by atoms with Crippen LogP contribution in [0.1, 0.15) is 27.7 Å². The molecule has 1 nitrogen and oxygen atoms in total. The van der Waals surface area contributed by atoms with Crippen LogP contribution in [0.3, 0.4) is 0 Å². The third-order valence-electron chi connectivity index (χ3n) is 1.38. The summed E-state index contributed by atoms with van der Waals surface area (Å²) in [5.41, 5.74) is 1.13. The molecule has 0 aliphatic heterocycles. The van der Waals surface area contributed by atoms with Crippen LogP contribution < -0.4 is 0 Å². The van der Waals surface area contributed by atoms with Crippen molar-refractivity contribution < 1.29 is 5.11 Å². The van der Waals surface area contributed by atoms with Crippen LogP contribution in [0.2, 0.25) is 0 Å². The summed E-state index contributed by atoms with van der Waals surface area (Å²) >= 11 is 0. The molecule has 0 aromatic rings. The zero-order valence-electron chi connectivity index (χ0n) is 6.02. The summed E-state index contributed by atoms with van der Waals surface area (Å²) in [4.78, 5) is 0. The Labute approximate surface area is 51.0 Å². The van der Waals surface area contributed by atoms with Gasteiger partial charge in [-0.05, 0) is 17.9 Å². The minimum atomic E-state index is 0.120. The average molecular weight is 114 g/mol. The second kappa shape index (κ2) is 2.21. The van der Waals surface area contributed by atoms with Crippen molar-refractivity contribution >= 4 is 0 Å². The van der Waals surface area contributed by atoms with Crippen molar-refractivity contribution in [1.82, 2.24) is 0 Å². The minimum Gasteiger partial charge on any atom is -0.516 e. The Morgan fingerprint density at radius 3 is 1.75 bits per heavy atom. The number of rotatable bonds is 0. The highest BCUT2D eigenvalue weighted by Crippen LogP contribution is 2.22. The van der Waals surface area contributed by atoms with Crippen LogP contribution in [0.25, 0.3) is 0 Å². The van der Waals surface area contributed by atoms with Crippen LogP contribution in [0.4, 0.5) is 0 Å². The first-order valence-electron chi connectivity index (χ1n) is 2.80. The molecule has 0 saturated carbocycles. The lowest BCUT2D eigenvalue weighted by atomic mass is 9.89.